The summed E-state index contributed by atoms with van der Waals surface area (Å²) in [6.45, 7) is 0. The Morgan fingerprint density at radius 1 is 1.00 bits per heavy atom. The molecular formula is C14H11N3O4. The van der Waals surface area contributed by atoms with Gasteiger partial charge in [0.05, 0.1) is 5.56 Å². The number of pyridine rings is 1. The zero-order valence-electron chi connectivity index (χ0n) is 10.7. The van der Waals surface area contributed by atoms with Gasteiger partial charge in [-0.25, -0.2) is 9.78 Å². The highest BCUT2D eigenvalue weighted by Crippen LogP contribution is 2.11. The second-order valence-electron chi connectivity index (χ2n) is 4.13. The van der Waals surface area contributed by atoms with Gasteiger partial charge in [0.25, 0.3) is 5.91 Å². The molecule has 0 saturated carbocycles. The molecular weight excluding hydrogens is 274 g/mol. The standard InChI is InChI=1S/C14H11N3O4/c15-12(18)8-1-4-10(5-2-8)17-13(19)9-3-6-11(14(20)21)16-7-9/h1-7H,(H2,15,18)(H,17,19)(H,20,21). The average Bonchev–Trinajstić information content (AvgIpc) is 2.47. The van der Waals surface area contributed by atoms with Crippen molar-refractivity contribution in [3.05, 3.63) is 59.4 Å². The molecule has 106 valence electrons. The minimum Gasteiger partial charge on any atom is -0.477 e. The number of nitrogens with zero attached hydrogens (tertiary/aromatic N) is 1. The van der Waals surface area contributed by atoms with Crippen molar-refractivity contribution in [2.24, 2.45) is 5.73 Å². The number of carboxylic acids is 1. The van der Waals surface area contributed by atoms with E-state index in [4.69, 9.17) is 10.8 Å². The zero-order valence-corrected chi connectivity index (χ0v) is 10.7. The summed E-state index contributed by atoms with van der Waals surface area (Å²) in [5, 5.41) is 11.3. The fourth-order valence-corrected chi connectivity index (χ4v) is 1.58. The van der Waals surface area contributed by atoms with Crippen LogP contribution < -0.4 is 11.1 Å². The van der Waals surface area contributed by atoms with Crippen molar-refractivity contribution in [3.63, 3.8) is 0 Å². The quantitative estimate of drug-likeness (QED) is 0.777. The van der Waals surface area contributed by atoms with E-state index in [0.717, 1.165) is 0 Å². The first-order chi connectivity index (χ1) is 9.97. The summed E-state index contributed by atoms with van der Waals surface area (Å²) in [6.07, 6.45) is 1.18. The lowest BCUT2D eigenvalue weighted by Crippen LogP contribution is -2.14. The molecule has 0 bridgehead atoms. The third-order valence-corrected chi connectivity index (χ3v) is 2.67. The third kappa shape index (κ3) is 3.41. The number of hydrogen-bond acceptors (Lipinski definition) is 4. The van der Waals surface area contributed by atoms with Gasteiger partial charge in [-0.3, -0.25) is 9.59 Å². The highest BCUT2D eigenvalue weighted by Gasteiger charge is 2.09. The highest BCUT2D eigenvalue weighted by atomic mass is 16.4. The maximum absolute atomic E-state index is 11.9. The van der Waals surface area contributed by atoms with Crippen molar-refractivity contribution in [2.75, 3.05) is 5.32 Å². The number of carbonyl (C=O) groups is 3. The molecule has 21 heavy (non-hydrogen) atoms. The molecule has 0 unspecified atom stereocenters. The number of carbonyl (C=O) groups excluding carboxylic acids is 2. The van der Waals surface area contributed by atoms with Crippen molar-refractivity contribution in [1.82, 2.24) is 4.98 Å². The average molecular weight is 285 g/mol. The molecule has 2 rings (SSSR count). The Hall–Kier alpha value is -3.22. The molecule has 0 aliphatic rings. The summed E-state index contributed by atoms with van der Waals surface area (Å²) in [4.78, 5) is 37.2. The van der Waals surface area contributed by atoms with Crippen molar-refractivity contribution < 1.29 is 19.5 Å². The van der Waals surface area contributed by atoms with Gasteiger partial charge in [0.15, 0.2) is 0 Å². The van der Waals surface area contributed by atoms with E-state index >= 15 is 0 Å². The molecule has 2 amide bonds. The fraction of sp³-hybridized carbons (Fsp3) is 0. The van der Waals surface area contributed by atoms with E-state index in [1.807, 2.05) is 0 Å². The molecule has 0 atom stereocenters. The predicted octanol–water partition coefficient (Wildman–Crippen LogP) is 1.13. The Balaban J connectivity index is 2.10. The molecule has 0 spiro atoms. The van der Waals surface area contributed by atoms with Crippen molar-refractivity contribution in [2.45, 2.75) is 0 Å². The molecule has 0 fully saturated rings. The molecule has 7 heteroatoms. The zero-order chi connectivity index (χ0) is 15.4. The van der Waals surface area contributed by atoms with Gasteiger partial charge in [-0.15, -0.1) is 0 Å². The third-order valence-electron chi connectivity index (χ3n) is 2.67. The van der Waals surface area contributed by atoms with Crippen LogP contribution in [0.5, 0.6) is 0 Å². The molecule has 7 nitrogen and oxygen atoms in total. The van der Waals surface area contributed by atoms with Crippen LogP contribution in [-0.2, 0) is 0 Å². The molecule has 2 aromatic rings. The van der Waals surface area contributed by atoms with E-state index in [2.05, 4.69) is 10.3 Å². The van der Waals surface area contributed by atoms with Crippen LogP contribution >= 0.6 is 0 Å². The second kappa shape index (κ2) is 5.83. The summed E-state index contributed by atoms with van der Waals surface area (Å²) in [6, 6.07) is 8.67. The number of primary amides is 1. The van der Waals surface area contributed by atoms with E-state index < -0.39 is 17.8 Å². The number of carboxylic acid groups (broad SMARTS) is 1. The lowest BCUT2D eigenvalue weighted by atomic mass is 10.2. The van der Waals surface area contributed by atoms with Gasteiger partial charge in [0, 0.05) is 17.4 Å². The minimum absolute atomic E-state index is 0.141. The van der Waals surface area contributed by atoms with Crippen LogP contribution in [0.25, 0.3) is 0 Å². The number of aromatic nitrogens is 1. The lowest BCUT2D eigenvalue weighted by molar-refractivity contribution is 0.0689. The number of nitrogens with one attached hydrogen (secondary N) is 1. The predicted molar refractivity (Wildman–Crippen MR) is 74.1 cm³/mol. The first-order valence-electron chi connectivity index (χ1n) is 5.88. The van der Waals surface area contributed by atoms with Gasteiger partial charge in [-0.05, 0) is 36.4 Å². The number of anilines is 1. The maximum atomic E-state index is 11.9. The topological polar surface area (TPSA) is 122 Å². The number of rotatable bonds is 4. The Morgan fingerprint density at radius 2 is 1.62 bits per heavy atom. The van der Waals surface area contributed by atoms with Gasteiger partial charge in [-0.1, -0.05) is 0 Å². The maximum Gasteiger partial charge on any atom is 0.354 e. The Bertz CT molecular complexity index is 693. The smallest absolute Gasteiger partial charge is 0.354 e. The lowest BCUT2D eigenvalue weighted by Gasteiger charge is -2.05. The monoisotopic (exact) mass is 285 g/mol. The molecule has 4 N–H and O–H groups in total. The molecule has 0 radical (unpaired) electrons. The van der Waals surface area contributed by atoms with Crippen molar-refractivity contribution in [3.8, 4) is 0 Å². The molecule has 0 aliphatic heterocycles. The van der Waals surface area contributed by atoms with Crippen LogP contribution in [0.3, 0.4) is 0 Å². The van der Waals surface area contributed by atoms with Crippen molar-refractivity contribution in [1.29, 1.82) is 0 Å². The molecule has 1 aromatic carbocycles. The first-order valence-corrected chi connectivity index (χ1v) is 5.88. The normalized spacial score (nSPS) is 9.90. The number of hydrogen-bond donors (Lipinski definition) is 3. The van der Waals surface area contributed by atoms with Crippen LogP contribution in [0, 0.1) is 0 Å². The van der Waals surface area contributed by atoms with Crippen LogP contribution in [-0.4, -0.2) is 27.9 Å². The number of benzene rings is 1. The van der Waals surface area contributed by atoms with E-state index in [-0.39, 0.29) is 11.3 Å². The number of amides is 2. The number of nitrogens with two attached hydrogens (primary N) is 1. The summed E-state index contributed by atoms with van der Waals surface area (Å²) in [5.74, 6) is -2.16. The molecule has 0 aliphatic carbocycles. The van der Waals surface area contributed by atoms with Gasteiger partial charge in [0.2, 0.25) is 5.91 Å². The Labute approximate surface area is 119 Å². The largest absolute Gasteiger partial charge is 0.477 e. The number of aromatic carboxylic acids is 1. The summed E-state index contributed by atoms with van der Waals surface area (Å²) >= 11 is 0. The van der Waals surface area contributed by atoms with E-state index in [1.165, 1.54) is 42.6 Å². The molecule has 1 aromatic heterocycles. The van der Waals surface area contributed by atoms with Gasteiger partial charge in [0.1, 0.15) is 5.69 Å². The Kier molecular flexibility index (Phi) is 3.94. The minimum atomic E-state index is -1.16. The van der Waals surface area contributed by atoms with Crippen LogP contribution in [0.2, 0.25) is 0 Å². The Morgan fingerprint density at radius 3 is 2.10 bits per heavy atom. The van der Waals surface area contributed by atoms with Crippen LogP contribution in [0.1, 0.15) is 31.2 Å². The van der Waals surface area contributed by atoms with Crippen LogP contribution in [0.4, 0.5) is 5.69 Å². The summed E-state index contributed by atoms with van der Waals surface area (Å²) in [7, 11) is 0. The summed E-state index contributed by atoms with van der Waals surface area (Å²) < 4.78 is 0. The van der Waals surface area contributed by atoms with Gasteiger partial charge in [-0.2, -0.15) is 0 Å². The van der Waals surface area contributed by atoms with E-state index in [9.17, 15) is 14.4 Å². The molecule has 1 heterocycles. The summed E-state index contributed by atoms with van der Waals surface area (Å²) in [5.41, 5.74) is 6.00. The fourth-order valence-electron chi connectivity index (χ4n) is 1.58. The molecule has 0 saturated heterocycles. The van der Waals surface area contributed by atoms with Crippen molar-refractivity contribution >= 4 is 23.5 Å². The van der Waals surface area contributed by atoms with E-state index in [0.29, 0.717) is 11.3 Å². The van der Waals surface area contributed by atoms with E-state index in [1.54, 1.807) is 0 Å². The first kappa shape index (κ1) is 14.2. The highest BCUT2D eigenvalue weighted by molar-refractivity contribution is 6.04. The second-order valence-corrected chi connectivity index (χ2v) is 4.13. The van der Waals surface area contributed by atoms with Gasteiger partial charge < -0.3 is 16.2 Å². The van der Waals surface area contributed by atoms with Gasteiger partial charge >= 0.3 is 5.97 Å². The SMILES string of the molecule is NC(=O)c1ccc(NC(=O)c2ccc(C(=O)O)nc2)cc1. The van der Waals surface area contributed by atoms with Crippen LogP contribution in [0.15, 0.2) is 42.6 Å².